The maximum atomic E-state index is 9.94. The van der Waals surface area contributed by atoms with Gasteiger partial charge < -0.3 is 5.11 Å². The van der Waals surface area contributed by atoms with Crippen molar-refractivity contribution < 1.29 is 5.11 Å². The van der Waals surface area contributed by atoms with Crippen LogP contribution in [0.15, 0.2) is 53.0 Å². The summed E-state index contributed by atoms with van der Waals surface area (Å²) in [6, 6.07) is 11.5. The first-order valence-electron chi connectivity index (χ1n) is 9.62. The van der Waals surface area contributed by atoms with Gasteiger partial charge in [0, 0.05) is 16.4 Å². The Bertz CT molecular complexity index is 1270. The van der Waals surface area contributed by atoms with Crippen molar-refractivity contribution in [3.05, 3.63) is 75.7 Å². The molecule has 0 atom stereocenters. The van der Waals surface area contributed by atoms with E-state index in [1.807, 2.05) is 64.1 Å². The molecule has 0 saturated heterocycles. The molecule has 6 nitrogen and oxygen atoms in total. The lowest BCUT2D eigenvalue weighted by Gasteiger charge is -2.08. The highest BCUT2D eigenvalue weighted by Crippen LogP contribution is 2.33. The van der Waals surface area contributed by atoms with Gasteiger partial charge in [-0.2, -0.15) is 5.11 Å². The summed E-state index contributed by atoms with van der Waals surface area (Å²) in [6.45, 7) is 8.23. The van der Waals surface area contributed by atoms with E-state index in [9.17, 15) is 5.11 Å². The zero-order valence-electron chi connectivity index (χ0n) is 17.3. The maximum absolute atomic E-state index is 9.94. The molecule has 0 saturated carbocycles. The summed E-state index contributed by atoms with van der Waals surface area (Å²) in [5.74, 6) is 0.857. The number of hydrogen-bond donors (Lipinski definition) is 1. The molecule has 0 aliphatic heterocycles. The predicted molar refractivity (Wildman–Crippen MR) is 119 cm³/mol. The van der Waals surface area contributed by atoms with Crippen LogP contribution in [0.4, 0.5) is 5.82 Å². The molecule has 0 aliphatic carbocycles. The minimum absolute atomic E-state index is 0.321. The van der Waals surface area contributed by atoms with E-state index in [2.05, 4.69) is 24.8 Å². The Morgan fingerprint density at radius 1 is 1.03 bits per heavy atom. The van der Waals surface area contributed by atoms with E-state index in [0.29, 0.717) is 23.1 Å². The lowest BCUT2D eigenvalue weighted by Crippen LogP contribution is -1.98. The van der Waals surface area contributed by atoms with Gasteiger partial charge in [0.15, 0.2) is 11.5 Å². The van der Waals surface area contributed by atoms with E-state index in [-0.39, 0.29) is 0 Å². The van der Waals surface area contributed by atoms with Crippen LogP contribution in [-0.2, 0) is 6.54 Å². The second-order valence-corrected chi connectivity index (χ2v) is 7.84. The zero-order valence-corrected chi connectivity index (χ0v) is 18.1. The maximum Gasteiger partial charge on any atom is 0.186 e. The minimum atomic E-state index is 0.321. The topological polar surface area (TPSA) is 75.7 Å². The van der Waals surface area contributed by atoms with Crippen LogP contribution in [0.1, 0.15) is 27.9 Å². The summed E-state index contributed by atoms with van der Waals surface area (Å²) in [5.41, 5.74) is 6.46. The summed E-state index contributed by atoms with van der Waals surface area (Å²) >= 11 is 6.20. The fraction of sp³-hybridized carbons (Fsp3) is 0.217. The molecule has 0 bridgehead atoms. The second-order valence-electron chi connectivity index (χ2n) is 7.40. The first-order chi connectivity index (χ1) is 14.4. The van der Waals surface area contributed by atoms with Crippen LogP contribution < -0.4 is 0 Å². The minimum Gasteiger partial charge on any atom is -0.507 e. The van der Waals surface area contributed by atoms with E-state index in [1.54, 1.807) is 0 Å². The predicted octanol–water partition coefficient (Wildman–Crippen LogP) is 6.30. The fourth-order valence-corrected chi connectivity index (χ4v) is 3.89. The molecule has 0 spiro atoms. The molecule has 0 aliphatic rings. The monoisotopic (exact) mass is 419 g/mol. The van der Waals surface area contributed by atoms with Crippen molar-refractivity contribution in [1.82, 2.24) is 14.5 Å². The van der Waals surface area contributed by atoms with Gasteiger partial charge in [-0.15, -0.1) is 5.11 Å². The van der Waals surface area contributed by atoms with Gasteiger partial charge in [-0.1, -0.05) is 29.8 Å². The molecule has 7 heteroatoms. The molecule has 2 aromatic heterocycles. The Balaban J connectivity index is 1.74. The number of aromatic nitrogens is 3. The summed E-state index contributed by atoms with van der Waals surface area (Å²) < 4.78 is 2.06. The Labute approximate surface area is 179 Å². The van der Waals surface area contributed by atoms with Crippen LogP contribution in [-0.4, -0.2) is 19.6 Å². The van der Waals surface area contributed by atoms with Crippen molar-refractivity contribution in [3.8, 4) is 11.4 Å². The number of nitrogens with zero attached hydrogens (tertiary/aromatic N) is 5. The number of halogens is 1. The third-order valence-corrected chi connectivity index (χ3v) is 5.54. The van der Waals surface area contributed by atoms with Gasteiger partial charge in [0.1, 0.15) is 12.1 Å². The highest BCUT2D eigenvalue weighted by Gasteiger charge is 2.17. The highest BCUT2D eigenvalue weighted by molar-refractivity contribution is 6.30. The molecule has 0 unspecified atom stereocenters. The molecule has 30 heavy (non-hydrogen) atoms. The summed E-state index contributed by atoms with van der Waals surface area (Å²) in [6.07, 6.45) is 1.51. The number of aromatic hydroxyl groups is 1. The van der Waals surface area contributed by atoms with E-state index >= 15 is 0 Å². The number of phenolic OH excluding ortho intramolecular Hbond substituents is 1. The smallest absolute Gasteiger partial charge is 0.186 e. The molecule has 2 aromatic carbocycles. The number of rotatable bonds is 4. The molecule has 152 valence electrons. The van der Waals surface area contributed by atoms with Gasteiger partial charge in [0.25, 0.3) is 0 Å². The van der Waals surface area contributed by atoms with Crippen LogP contribution in [0.2, 0.25) is 5.02 Å². The largest absolute Gasteiger partial charge is 0.507 e. The SMILES string of the molecule is Cc1cc(CN=Nc2ncnc3c2c(C)c(C)n3-c2cccc(Cl)c2)cc(C)c1O. The van der Waals surface area contributed by atoms with Crippen molar-refractivity contribution in [2.24, 2.45) is 10.2 Å². The van der Waals surface area contributed by atoms with Gasteiger partial charge in [-0.25, -0.2) is 9.97 Å². The molecule has 4 aromatic rings. The molecule has 2 heterocycles. The van der Waals surface area contributed by atoms with E-state index in [1.165, 1.54) is 6.33 Å². The molecule has 0 amide bonds. The Hall–Kier alpha value is -3.25. The van der Waals surface area contributed by atoms with Crippen LogP contribution in [0.5, 0.6) is 5.75 Å². The summed E-state index contributed by atoms with van der Waals surface area (Å²) in [4.78, 5) is 8.87. The van der Waals surface area contributed by atoms with Crippen molar-refractivity contribution in [2.75, 3.05) is 0 Å². The van der Waals surface area contributed by atoms with Gasteiger partial charge >= 0.3 is 0 Å². The van der Waals surface area contributed by atoms with Crippen molar-refractivity contribution in [3.63, 3.8) is 0 Å². The lowest BCUT2D eigenvalue weighted by atomic mass is 10.1. The van der Waals surface area contributed by atoms with E-state index in [4.69, 9.17) is 11.6 Å². The third kappa shape index (κ3) is 3.55. The quantitative estimate of drug-likeness (QED) is 0.394. The van der Waals surface area contributed by atoms with Gasteiger partial charge in [-0.3, -0.25) is 4.57 Å². The van der Waals surface area contributed by atoms with Crippen LogP contribution in [0, 0.1) is 27.7 Å². The van der Waals surface area contributed by atoms with Crippen molar-refractivity contribution in [1.29, 1.82) is 0 Å². The van der Waals surface area contributed by atoms with Gasteiger partial charge in [0.2, 0.25) is 0 Å². The molecule has 1 N–H and O–H groups in total. The highest BCUT2D eigenvalue weighted by atomic mass is 35.5. The van der Waals surface area contributed by atoms with E-state index in [0.717, 1.165) is 44.7 Å². The normalized spacial score (nSPS) is 11.6. The molecule has 0 fully saturated rings. The second kappa shape index (κ2) is 7.88. The van der Waals surface area contributed by atoms with E-state index < -0.39 is 0 Å². The summed E-state index contributed by atoms with van der Waals surface area (Å²) in [5, 5.41) is 20.3. The Morgan fingerprint density at radius 2 is 1.77 bits per heavy atom. The first kappa shape index (κ1) is 20.0. The number of aryl methyl sites for hydroxylation is 3. The number of azo groups is 1. The van der Waals surface area contributed by atoms with Crippen molar-refractivity contribution in [2.45, 2.75) is 34.2 Å². The fourth-order valence-electron chi connectivity index (χ4n) is 3.71. The Morgan fingerprint density at radius 3 is 2.47 bits per heavy atom. The molecular weight excluding hydrogens is 398 g/mol. The van der Waals surface area contributed by atoms with Crippen molar-refractivity contribution >= 4 is 28.5 Å². The first-order valence-corrected chi connectivity index (χ1v) is 9.99. The van der Waals surface area contributed by atoms with Crippen LogP contribution in [0.3, 0.4) is 0 Å². The van der Waals surface area contributed by atoms with Crippen LogP contribution >= 0.6 is 11.6 Å². The zero-order chi connectivity index (χ0) is 21.4. The molecule has 0 radical (unpaired) electrons. The molecule has 4 rings (SSSR count). The standard InChI is InChI=1S/C23H22ClN5O/c1-13-8-17(9-14(2)21(13)30)11-27-28-22-20-15(3)16(4)29(23(20)26-12-25-22)19-7-5-6-18(24)10-19/h5-10,12,30H,11H2,1-4H3. The lowest BCUT2D eigenvalue weighted by molar-refractivity contribution is 0.466. The van der Waals surface area contributed by atoms with Crippen LogP contribution in [0.25, 0.3) is 16.7 Å². The number of benzene rings is 2. The number of hydrogen-bond acceptors (Lipinski definition) is 5. The average molecular weight is 420 g/mol. The number of fused-ring (bicyclic) bond motifs is 1. The third-order valence-electron chi connectivity index (χ3n) is 5.31. The molecular formula is C23H22ClN5O. The Kier molecular flexibility index (Phi) is 5.26. The summed E-state index contributed by atoms with van der Waals surface area (Å²) in [7, 11) is 0. The average Bonchev–Trinajstić information content (AvgIpc) is 2.97. The van der Waals surface area contributed by atoms with Gasteiger partial charge in [0.05, 0.1) is 11.9 Å². The van der Waals surface area contributed by atoms with Gasteiger partial charge in [-0.05, 0) is 68.1 Å². The number of phenols is 1.